The third kappa shape index (κ3) is 6.81. The summed E-state index contributed by atoms with van der Waals surface area (Å²) in [4.78, 5) is 25.1. The van der Waals surface area contributed by atoms with E-state index in [0.717, 1.165) is 58.2 Å². The molecule has 40 heavy (non-hydrogen) atoms. The van der Waals surface area contributed by atoms with Gasteiger partial charge >= 0.3 is 0 Å². The van der Waals surface area contributed by atoms with E-state index in [2.05, 4.69) is 21.4 Å². The molecule has 0 unspecified atom stereocenters. The molecule has 11 heteroatoms. The number of carbonyl (C=O) groups is 1. The maximum absolute atomic E-state index is 14.2. The largest absolute Gasteiger partial charge is 0.494 e. The highest BCUT2D eigenvalue weighted by Gasteiger charge is 2.32. The van der Waals surface area contributed by atoms with E-state index < -0.39 is 0 Å². The number of nitrogens with one attached hydrogen (secondary N) is 1. The molecule has 214 valence electrons. The van der Waals surface area contributed by atoms with Crippen molar-refractivity contribution in [2.45, 2.75) is 51.2 Å². The summed E-state index contributed by atoms with van der Waals surface area (Å²) in [6.45, 7) is 2.91. The number of anilines is 1. The summed E-state index contributed by atoms with van der Waals surface area (Å²) in [6, 6.07) is 14.5. The summed E-state index contributed by atoms with van der Waals surface area (Å²) in [6.07, 6.45) is 7.31. The molecule has 3 N–H and O–H groups in total. The van der Waals surface area contributed by atoms with Crippen LogP contribution in [0.3, 0.4) is 0 Å². The van der Waals surface area contributed by atoms with E-state index >= 15 is 0 Å². The van der Waals surface area contributed by atoms with Crippen molar-refractivity contribution in [3.63, 3.8) is 0 Å². The Kier molecular flexibility index (Phi) is 11.4. The first kappa shape index (κ1) is 31.9. The van der Waals surface area contributed by atoms with E-state index in [1.807, 2.05) is 55.3 Å². The van der Waals surface area contributed by atoms with E-state index in [1.165, 1.54) is 11.3 Å². The summed E-state index contributed by atoms with van der Waals surface area (Å²) >= 11 is 8.25. The van der Waals surface area contributed by atoms with Gasteiger partial charge in [0.2, 0.25) is 5.95 Å². The van der Waals surface area contributed by atoms with Crippen LogP contribution in [-0.4, -0.2) is 46.5 Å². The molecule has 0 radical (unpaired) electrons. The van der Waals surface area contributed by atoms with Gasteiger partial charge < -0.3 is 20.7 Å². The number of hydrogen-bond acceptors (Lipinski definition) is 7. The lowest BCUT2D eigenvalue weighted by molar-refractivity contribution is 0.0604. The monoisotopic (exact) mass is 621 g/mol. The Hall–Kier alpha value is -2.62. The number of halogens is 3. The minimum atomic E-state index is -0.0345. The average molecular weight is 623 g/mol. The van der Waals surface area contributed by atoms with Crippen molar-refractivity contribution in [1.82, 2.24) is 20.2 Å². The SMILES string of the molecule is CCOc1ccc(-c2cnc(N)nc2)cc1CN(C(=O)c1sc2ccccc2c1Cl)C1CCC(NC)CC1.Cl.Cl. The minimum absolute atomic E-state index is 0. The van der Waals surface area contributed by atoms with Gasteiger partial charge in [0, 0.05) is 52.2 Å². The number of hydrogen-bond donors (Lipinski definition) is 2. The van der Waals surface area contributed by atoms with Gasteiger partial charge in [-0.05, 0) is 63.4 Å². The van der Waals surface area contributed by atoms with E-state index in [1.54, 1.807) is 12.4 Å². The molecule has 2 aromatic heterocycles. The molecule has 0 aliphatic heterocycles. The van der Waals surface area contributed by atoms with E-state index in [4.69, 9.17) is 22.1 Å². The number of carbonyl (C=O) groups excluding carboxylic acids is 1. The number of thiophene rings is 1. The van der Waals surface area contributed by atoms with Crippen LogP contribution in [0.15, 0.2) is 54.9 Å². The Labute approximate surface area is 256 Å². The lowest BCUT2D eigenvalue weighted by Crippen LogP contribution is -2.44. The molecule has 0 bridgehead atoms. The smallest absolute Gasteiger partial charge is 0.266 e. The van der Waals surface area contributed by atoms with Crippen LogP contribution in [0.5, 0.6) is 5.75 Å². The van der Waals surface area contributed by atoms with Gasteiger partial charge in [-0.25, -0.2) is 9.97 Å². The van der Waals surface area contributed by atoms with Crippen molar-refractivity contribution in [3.8, 4) is 16.9 Å². The van der Waals surface area contributed by atoms with Crippen molar-refractivity contribution in [2.75, 3.05) is 19.4 Å². The molecule has 0 saturated heterocycles. The molecule has 4 aromatic rings. The maximum atomic E-state index is 14.2. The predicted octanol–water partition coefficient (Wildman–Crippen LogP) is 7.01. The lowest BCUT2D eigenvalue weighted by atomic mass is 9.89. The summed E-state index contributed by atoms with van der Waals surface area (Å²) in [7, 11) is 2.01. The maximum Gasteiger partial charge on any atom is 0.266 e. The second-order valence-corrected chi connectivity index (χ2v) is 11.0. The van der Waals surface area contributed by atoms with Crippen LogP contribution < -0.4 is 15.8 Å². The minimum Gasteiger partial charge on any atom is -0.494 e. The zero-order chi connectivity index (χ0) is 26.6. The van der Waals surface area contributed by atoms with Crippen molar-refractivity contribution in [2.24, 2.45) is 0 Å². The number of aromatic nitrogens is 2. The highest BCUT2D eigenvalue weighted by molar-refractivity contribution is 7.21. The van der Waals surface area contributed by atoms with Gasteiger partial charge in [0.25, 0.3) is 5.91 Å². The summed E-state index contributed by atoms with van der Waals surface area (Å²) in [5.41, 5.74) is 8.42. The first-order valence-corrected chi connectivity index (χ1v) is 14.2. The van der Waals surface area contributed by atoms with Gasteiger partial charge in [-0.1, -0.05) is 35.9 Å². The van der Waals surface area contributed by atoms with Crippen LogP contribution in [0.4, 0.5) is 5.95 Å². The summed E-state index contributed by atoms with van der Waals surface area (Å²) in [5, 5.41) is 4.84. The summed E-state index contributed by atoms with van der Waals surface area (Å²) in [5.74, 6) is 0.957. The van der Waals surface area contributed by atoms with Crippen molar-refractivity contribution >= 4 is 69.7 Å². The Morgan fingerprint density at radius 2 is 1.80 bits per heavy atom. The van der Waals surface area contributed by atoms with Crippen LogP contribution in [0.25, 0.3) is 21.2 Å². The number of nitrogen functional groups attached to an aromatic ring is 1. The van der Waals surface area contributed by atoms with Gasteiger partial charge in [-0.15, -0.1) is 36.2 Å². The fourth-order valence-electron chi connectivity index (χ4n) is 5.17. The molecular weight excluding hydrogens is 589 g/mol. The van der Waals surface area contributed by atoms with Gasteiger partial charge in [-0.3, -0.25) is 4.79 Å². The third-order valence-electron chi connectivity index (χ3n) is 7.24. The Balaban J connectivity index is 0.00000220. The van der Waals surface area contributed by atoms with E-state index in [0.29, 0.717) is 29.1 Å². The van der Waals surface area contributed by atoms with Crippen LogP contribution >= 0.6 is 47.8 Å². The molecular formula is C29H34Cl3N5O2S. The zero-order valence-corrected chi connectivity index (χ0v) is 25.6. The number of amides is 1. The number of nitrogens with zero attached hydrogens (tertiary/aromatic N) is 3. The number of benzene rings is 2. The molecule has 1 aliphatic rings. The number of rotatable bonds is 8. The molecule has 1 saturated carbocycles. The molecule has 2 aromatic carbocycles. The lowest BCUT2D eigenvalue weighted by Gasteiger charge is -2.37. The molecule has 1 aliphatic carbocycles. The molecule has 0 atom stereocenters. The molecule has 2 heterocycles. The zero-order valence-electron chi connectivity index (χ0n) is 22.4. The third-order valence-corrected chi connectivity index (χ3v) is 8.91. The van der Waals surface area contributed by atoms with Crippen molar-refractivity contribution in [3.05, 3.63) is 70.3 Å². The molecule has 0 spiro atoms. The standard InChI is InChI=1S/C29H32ClN5O2S.2ClH/c1-3-37-24-13-8-18(20-15-33-29(31)34-16-20)14-19(24)17-35(22-11-9-21(32-2)10-12-22)28(36)27-26(30)23-6-4-5-7-25(23)38-27;;/h4-8,13-16,21-22,32H,3,9-12,17H2,1-2H3,(H2,31,33,34);2*1H. The second-order valence-electron chi connectivity index (χ2n) is 9.55. The number of fused-ring (bicyclic) bond motifs is 1. The van der Waals surface area contributed by atoms with Crippen LogP contribution in [0.2, 0.25) is 5.02 Å². The summed E-state index contributed by atoms with van der Waals surface area (Å²) < 4.78 is 7.02. The van der Waals surface area contributed by atoms with Crippen LogP contribution in [0, 0.1) is 0 Å². The van der Waals surface area contributed by atoms with Crippen molar-refractivity contribution < 1.29 is 9.53 Å². The highest BCUT2D eigenvalue weighted by atomic mass is 35.5. The normalized spacial score (nSPS) is 16.6. The second kappa shape index (κ2) is 14.3. The van der Waals surface area contributed by atoms with Gasteiger partial charge in [0.15, 0.2) is 0 Å². The molecule has 5 rings (SSSR count). The van der Waals surface area contributed by atoms with E-state index in [9.17, 15) is 4.79 Å². The molecule has 7 nitrogen and oxygen atoms in total. The van der Waals surface area contributed by atoms with Crippen LogP contribution in [0.1, 0.15) is 47.8 Å². The quantitative estimate of drug-likeness (QED) is 0.220. The Morgan fingerprint density at radius 3 is 2.45 bits per heavy atom. The van der Waals surface area contributed by atoms with Gasteiger partial charge in [-0.2, -0.15) is 0 Å². The molecule has 1 fully saturated rings. The average Bonchev–Trinajstić information content (AvgIpc) is 3.29. The number of nitrogens with two attached hydrogens (primary N) is 1. The first-order chi connectivity index (χ1) is 18.5. The van der Waals surface area contributed by atoms with Crippen LogP contribution in [-0.2, 0) is 6.54 Å². The van der Waals surface area contributed by atoms with E-state index in [-0.39, 0.29) is 42.7 Å². The number of ether oxygens (including phenoxy) is 1. The Morgan fingerprint density at radius 1 is 1.10 bits per heavy atom. The highest BCUT2D eigenvalue weighted by Crippen LogP contribution is 2.38. The Bertz CT molecular complexity index is 1430. The first-order valence-electron chi connectivity index (χ1n) is 13.0. The van der Waals surface area contributed by atoms with Gasteiger partial charge in [0.05, 0.1) is 11.6 Å². The fraction of sp³-hybridized carbons (Fsp3) is 0.345. The topological polar surface area (TPSA) is 93.4 Å². The predicted molar refractivity (Wildman–Crippen MR) is 169 cm³/mol. The fourth-order valence-corrected chi connectivity index (χ4v) is 6.64. The van der Waals surface area contributed by atoms with Gasteiger partial charge in [0.1, 0.15) is 10.6 Å². The van der Waals surface area contributed by atoms with Crippen molar-refractivity contribution in [1.29, 1.82) is 0 Å². The molecule has 1 amide bonds.